The lowest BCUT2D eigenvalue weighted by molar-refractivity contribution is 0.587. The highest BCUT2D eigenvalue weighted by Gasteiger charge is 2.24. The molecule has 2 N–H and O–H groups in total. The van der Waals surface area contributed by atoms with Gasteiger partial charge in [-0.25, -0.2) is 15.0 Å². The van der Waals surface area contributed by atoms with Crippen LogP contribution in [-0.4, -0.2) is 37.8 Å². The van der Waals surface area contributed by atoms with Gasteiger partial charge in [-0.05, 0) is 19.3 Å². The van der Waals surface area contributed by atoms with Crippen LogP contribution in [0.4, 0.5) is 0 Å². The van der Waals surface area contributed by atoms with Crippen LogP contribution in [0.25, 0.3) is 11.2 Å². The number of fused-ring (bicyclic) bond motifs is 1. The van der Waals surface area contributed by atoms with E-state index >= 15 is 0 Å². The Labute approximate surface area is 115 Å². The highest BCUT2D eigenvalue weighted by Crippen LogP contribution is 2.24. The Hall–Kier alpha value is -1.65. The second-order valence-electron chi connectivity index (χ2n) is 4.54. The number of rotatable bonds is 6. The Balaban J connectivity index is 1.56. The lowest BCUT2D eigenvalue weighted by atomic mass is 10.2. The van der Waals surface area contributed by atoms with Crippen LogP contribution in [0.2, 0.25) is 0 Å². The predicted octanol–water partition coefficient (Wildman–Crippen LogP) is 1.48. The first-order valence-corrected chi connectivity index (χ1v) is 7.28. The molecule has 0 bridgehead atoms. The van der Waals surface area contributed by atoms with Crippen molar-refractivity contribution in [2.24, 2.45) is 0 Å². The molecule has 2 aromatic rings. The van der Waals surface area contributed by atoms with Crippen molar-refractivity contribution in [2.45, 2.75) is 36.4 Å². The van der Waals surface area contributed by atoms with E-state index in [4.69, 9.17) is 5.26 Å². The van der Waals surface area contributed by atoms with E-state index in [-0.39, 0.29) is 6.04 Å². The fourth-order valence-corrected chi connectivity index (χ4v) is 2.81. The Bertz CT molecular complexity index is 600. The molecule has 98 valence electrons. The van der Waals surface area contributed by atoms with Crippen LogP contribution in [0.5, 0.6) is 0 Å². The van der Waals surface area contributed by atoms with Gasteiger partial charge in [0.15, 0.2) is 5.65 Å². The molecule has 0 aromatic carbocycles. The van der Waals surface area contributed by atoms with Crippen LogP contribution < -0.4 is 5.32 Å². The summed E-state index contributed by atoms with van der Waals surface area (Å²) in [5, 5.41) is 13.3. The largest absolute Gasteiger partial charge is 0.341 e. The fraction of sp³-hybridized carbons (Fsp3) is 0.500. The van der Waals surface area contributed by atoms with Gasteiger partial charge in [0.1, 0.15) is 16.9 Å². The average Bonchev–Trinajstić information content (AvgIpc) is 3.11. The molecule has 1 aliphatic carbocycles. The summed E-state index contributed by atoms with van der Waals surface area (Å²) >= 11 is 1.63. The minimum absolute atomic E-state index is 0.0564. The van der Waals surface area contributed by atoms with Gasteiger partial charge in [-0.15, -0.1) is 11.8 Å². The molecule has 1 atom stereocenters. The number of nitrogens with zero attached hydrogens (tertiary/aromatic N) is 4. The number of H-pyrrole nitrogens is 1. The molecule has 3 rings (SSSR count). The van der Waals surface area contributed by atoms with Crippen LogP contribution in [0.15, 0.2) is 17.7 Å². The van der Waals surface area contributed by atoms with Gasteiger partial charge in [-0.2, -0.15) is 5.26 Å². The molecule has 0 amide bonds. The lowest BCUT2D eigenvalue weighted by Crippen LogP contribution is -2.29. The normalized spacial score (nSPS) is 16.4. The van der Waals surface area contributed by atoms with E-state index in [1.165, 1.54) is 19.2 Å². The van der Waals surface area contributed by atoms with E-state index in [2.05, 4.69) is 31.3 Å². The molecule has 0 saturated heterocycles. The van der Waals surface area contributed by atoms with E-state index in [9.17, 15) is 0 Å². The second kappa shape index (κ2) is 5.55. The van der Waals surface area contributed by atoms with Gasteiger partial charge in [-0.3, -0.25) is 5.32 Å². The summed E-state index contributed by atoms with van der Waals surface area (Å²) in [6.45, 7) is 0. The van der Waals surface area contributed by atoms with Crippen molar-refractivity contribution in [1.82, 2.24) is 25.3 Å². The molecule has 2 heterocycles. The molecular formula is C12H14N6S. The van der Waals surface area contributed by atoms with Crippen molar-refractivity contribution in [1.29, 1.82) is 5.26 Å². The molecule has 0 spiro atoms. The van der Waals surface area contributed by atoms with Gasteiger partial charge in [-0.1, -0.05) is 0 Å². The molecule has 1 fully saturated rings. The van der Waals surface area contributed by atoms with Crippen molar-refractivity contribution in [3.63, 3.8) is 0 Å². The highest BCUT2D eigenvalue weighted by atomic mass is 32.2. The third-order valence-corrected chi connectivity index (χ3v) is 4.03. The maximum absolute atomic E-state index is 9.08. The number of thioether (sulfide) groups is 1. The Morgan fingerprint density at radius 3 is 3.16 bits per heavy atom. The number of nitrogens with one attached hydrogen (secondary N) is 2. The van der Waals surface area contributed by atoms with Crippen molar-refractivity contribution in [3.8, 4) is 6.07 Å². The third-order valence-electron chi connectivity index (χ3n) is 3.00. The zero-order valence-electron chi connectivity index (χ0n) is 10.3. The average molecular weight is 274 g/mol. The van der Waals surface area contributed by atoms with Gasteiger partial charge in [0.05, 0.1) is 18.4 Å². The first-order valence-electron chi connectivity index (χ1n) is 6.29. The SMILES string of the molecule is N#CC(CCSc1ncnc2nc[nH]c12)NC1CC1. The van der Waals surface area contributed by atoms with Crippen LogP contribution in [-0.2, 0) is 0 Å². The van der Waals surface area contributed by atoms with Crippen LogP contribution in [0.3, 0.4) is 0 Å². The molecule has 19 heavy (non-hydrogen) atoms. The fourth-order valence-electron chi connectivity index (χ4n) is 1.85. The summed E-state index contributed by atoms with van der Waals surface area (Å²) in [6, 6.07) is 2.82. The summed E-state index contributed by atoms with van der Waals surface area (Å²) in [6.07, 6.45) is 6.36. The predicted molar refractivity (Wildman–Crippen MR) is 72.6 cm³/mol. The highest BCUT2D eigenvalue weighted by molar-refractivity contribution is 7.99. The Morgan fingerprint density at radius 1 is 1.47 bits per heavy atom. The van der Waals surface area contributed by atoms with Crippen molar-refractivity contribution in [2.75, 3.05) is 5.75 Å². The van der Waals surface area contributed by atoms with Crippen LogP contribution >= 0.6 is 11.8 Å². The van der Waals surface area contributed by atoms with Gasteiger partial charge < -0.3 is 4.98 Å². The van der Waals surface area contributed by atoms with Crippen LogP contribution in [0, 0.1) is 11.3 Å². The van der Waals surface area contributed by atoms with E-state index in [0.29, 0.717) is 11.7 Å². The molecule has 0 aliphatic heterocycles. The number of nitriles is 1. The van der Waals surface area contributed by atoms with Crippen LogP contribution in [0.1, 0.15) is 19.3 Å². The van der Waals surface area contributed by atoms with E-state index < -0.39 is 0 Å². The van der Waals surface area contributed by atoms with Crippen molar-refractivity contribution >= 4 is 22.9 Å². The zero-order chi connectivity index (χ0) is 13.1. The van der Waals surface area contributed by atoms with E-state index in [1.807, 2.05) is 0 Å². The lowest BCUT2D eigenvalue weighted by Gasteiger charge is -2.09. The van der Waals surface area contributed by atoms with Crippen molar-refractivity contribution in [3.05, 3.63) is 12.7 Å². The number of hydrogen-bond acceptors (Lipinski definition) is 6. The minimum Gasteiger partial charge on any atom is -0.341 e. The molecule has 2 aromatic heterocycles. The van der Waals surface area contributed by atoms with E-state index in [0.717, 1.165) is 22.7 Å². The maximum atomic E-state index is 9.08. The second-order valence-corrected chi connectivity index (χ2v) is 5.62. The summed E-state index contributed by atoms with van der Waals surface area (Å²) < 4.78 is 0. The minimum atomic E-state index is -0.0564. The number of imidazole rings is 1. The topological polar surface area (TPSA) is 90.3 Å². The molecule has 1 aliphatic rings. The number of aromatic amines is 1. The summed E-state index contributed by atoms with van der Waals surface area (Å²) in [5.41, 5.74) is 1.56. The third kappa shape index (κ3) is 3.03. The molecule has 6 nitrogen and oxygen atoms in total. The molecule has 1 unspecified atom stereocenters. The Morgan fingerprint density at radius 2 is 2.37 bits per heavy atom. The molecule has 0 radical (unpaired) electrons. The smallest absolute Gasteiger partial charge is 0.181 e. The molecule has 1 saturated carbocycles. The monoisotopic (exact) mass is 274 g/mol. The maximum Gasteiger partial charge on any atom is 0.181 e. The molecular weight excluding hydrogens is 260 g/mol. The van der Waals surface area contributed by atoms with Gasteiger partial charge in [0.25, 0.3) is 0 Å². The summed E-state index contributed by atoms with van der Waals surface area (Å²) in [7, 11) is 0. The first kappa shape index (κ1) is 12.4. The standard InChI is InChI=1S/C12H14N6S/c13-5-9(18-8-1-2-8)3-4-19-12-10-11(15-6-14-10)16-7-17-12/h6-9,18H,1-4H2,(H,14,15,16,17). The molecule has 7 heteroatoms. The van der Waals surface area contributed by atoms with Crippen molar-refractivity contribution < 1.29 is 0 Å². The van der Waals surface area contributed by atoms with Gasteiger partial charge in [0, 0.05) is 11.8 Å². The summed E-state index contributed by atoms with van der Waals surface area (Å²) in [5.74, 6) is 0.850. The Kier molecular flexibility index (Phi) is 3.62. The van der Waals surface area contributed by atoms with Gasteiger partial charge >= 0.3 is 0 Å². The number of hydrogen-bond donors (Lipinski definition) is 2. The first-order chi connectivity index (χ1) is 9.36. The number of aromatic nitrogens is 4. The summed E-state index contributed by atoms with van der Waals surface area (Å²) in [4.78, 5) is 15.5. The quantitative estimate of drug-likeness (QED) is 0.612. The van der Waals surface area contributed by atoms with Gasteiger partial charge in [0.2, 0.25) is 0 Å². The van der Waals surface area contributed by atoms with E-state index in [1.54, 1.807) is 18.1 Å². The zero-order valence-corrected chi connectivity index (χ0v) is 11.2.